The van der Waals surface area contributed by atoms with E-state index >= 15 is 0 Å². The van der Waals surface area contributed by atoms with Gasteiger partial charge in [0.1, 0.15) is 11.6 Å². The Bertz CT molecular complexity index is 789. The highest BCUT2D eigenvalue weighted by Crippen LogP contribution is 2.19. The van der Waals surface area contributed by atoms with Crippen LogP contribution in [0, 0.1) is 5.82 Å². The molecule has 1 aromatic heterocycles. The third kappa shape index (κ3) is 5.88. The molecular weight excluding hydrogens is 343 g/mol. The molecule has 0 atom stereocenters. The second-order valence-corrected chi connectivity index (χ2v) is 6.69. The number of halogens is 1. The fourth-order valence-electron chi connectivity index (χ4n) is 3.13. The molecule has 0 fully saturated rings. The van der Waals surface area contributed by atoms with Gasteiger partial charge < -0.3 is 10.6 Å². The molecule has 2 aromatic rings. The summed E-state index contributed by atoms with van der Waals surface area (Å²) in [5, 5.41) is 14.0. The van der Waals surface area contributed by atoms with Crippen molar-refractivity contribution in [3.63, 3.8) is 0 Å². The molecule has 5 nitrogen and oxygen atoms in total. The molecule has 1 heterocycles. The molecule has 0 saturated heterocycles. The van der Waals surface area contributed by atoms with E-state index < -0.39 is 0 Å². The minimum Gasteiger partial charge on any atom is -0.368 e. The normalized spacial score (nSPS) is 13.7. The molecule has 3 rings (SSSR count). The molecule has 142 valence electrons. The van der Waals surface area contributed by atoms with Crippen LogP contribution in [0.25, 0.3) is 0 Å². The summed E-state index contributed by atoms with van der Waals surface area (Å²) < 4.78 is 13.6. The standard InChI is InChI=1S/C21H25FN4O/c22-18-9-5-4-8-17(18)13-15-24-21(27)19-10-11-20(26-25-19)23-14-12-16-6-2-1-3-7-16/h4-6,8-11H,1-3,7,12-15H2,(H,23,26)(H,24,27). The molecular formula is C21H25FN4O. The van der Waals surface area contributed by atoms with Crippen LogP contribution in [0.2, 0.25) is 0 Å². The van der Waals surface area contributed by atoms with Crippen molar-refractivity contribution >= 4 is 11.7 Å². The van der Waals surface area contributed by atoms with Crippen LogP contribution in [0.1, 0.15) is 48.2 Å². The fourth-order valence-corrected chi connectivity index (χ4v) is 3.13. The number of rotatable bonds is 8. The van der Waals surface area contributed by atoms with Crippen LogP contribution < -0.4 is 10.6 Å². The average molecular weight is 368 g/mol. The predicted molar refractivity (Wildman–Crippen MR) is 104 cm³/mol. The molecule has 0 aliphatic heterocycles. The highest BCUT2D eigenvalue weighted by Gasteiger charge is 2.09. The van der Waals surface area contributed by atoms with E-state index in [-0.39, 0.29) is 17.4 Å². The van der Waals surface area contributed by atoms with E-state index in [2.05, 4.69) is 26.9 Å². The van der Waals surface area contributed by atoms with Crippen molar-refractivity contribution in [2.24, 2.45) is 0 Å². The number of amides is 1. The Labute approximate surface area is 159 Å². The number of anilines is 1. The number of nitrogens with one attached hydrogen (secondary N) is 2. The first-order valence-corrected chi connectivity index (χ1v) is 9.49. The number of hydrogen-bond acceptors (Lipinski definition) is 4. The fraction of sp³-hybridized carbons (Fsp3) is 0.381. The molecule has 0 unspecified atom stereocenters. The topological polar surface area (TPSA) is 66.9 Å². The second-order valence-electron chi connectivity index (χ2n) is 6.69. The van der Waals surface area contributed by atoms with Crippen molar-refractivity contribution in [2.75, 3.05) is 18.4 Å². The number of allylic oxidation sites excluding steroid dienone is 1. The number of nitrogens with zero attached hydrogens (tertiary/aromatic N) is 2. The highest BCUT2D eigenvalue weighted by molar-refractivity contribution is 5.92. The molecule has 0 bridgehead atoms. The van der Waals surface area contributed by atoms with Gasteiger partial charge in [0.15, 0.2) is 5.69 Å². The van der Waals surface area contributed by atoms with Crippen molar-refractivity contribution in [2.45, 2.75) is 38.5 Å². The van der Waals surface area contributed by atoms with Gasteiger partial charge in [-0.3, -0.25) is 4.79 Å². The quantitative estimate of drug-likeness (QED) is 0.694. The number of aromatic nitrogens is 2. The van der Waals surface area contributed by atoms with Crippen LogP contribution in [0.5, 0.6) is 0 Å². The maximum Gasteiger partial charge on any atom is 0.271 e. The summed E-state index contributed by atoms with van der Waals surface area (Å²) in [6.45, 7) is 1.16. The minimum atomic E-state index is -0.308. The van der Waals surface area contributed by atoms with Crippen molar-refractivity contribution in [1.29, 1.82) is 0 Å². The van der Waals surface area contributed by atoms with E-state index in [1.807, 2.05) is 0 Å². The second kappa shape index (κ2) is 9.80. The first kappa shape index (κ1) is 19.0. The Hall–Kier alpha value is -2.76. The largest absolute Gasteiger partial charge is 0.368 e. The van der Waals surface area contributed by atoms with E-state index in [4.69, 9.17) is 0 Å². The van der Waals surface area contributed by atoms with E-state index in [1.54, 1.807) is 30.3 Å². The van der Waals surface area contributed by atoms with Crippen LogP contribution in [0.4, 0.5) is 10.2 Å². The lowest BCUT2D eigenvalue weighted by atomic mass is 9.97. The monoisotopic (exact) mass is 368 g/mol. The lowest BCUT2D eigenvalue weighted by Gasteiger charge is -2.13. The van der Waals surface area contributed by atoms with Gasteiger partial charge in [-0.2, -0.15) is 0 Å². The molecule has 0 saturated carbocycles. The van der Waals surface area contributed by atoms with E-state index in [9.17, 15) is 9.18 Å². The van der Waals surface area contributed by atoms with E-state index in [0.717, 1.165) is 13.0 Å². The first-order chi connectivity index (χ1) is 13.2. The van der Waals surface area contributed by atoms with Crippen LogP contribution in [0.15, 0.2) is 48.0 Å². The van der Waals surface area contributed by atoms with Gasteiger partial charge in [-0.25, -0.2) is 4.39 Å². The summed E-state index contributed by atoms with van der Waals surface area (Å²) in [6.07, 6.45) is 8.75. The Balaban J connectivity index is 1.41. The van der Waals surface area contributed by atoms with Crippen LogP contribution in [-0.2, 0) is 6.42 Å². The summed E-state index contributed by atoms with van der Waals surface area (Å²) in [5.41, 5.74) is 2.34. The summed E-state index contributed by atoms with van der Waals surface area (Å²) in [5.74, 6) is 0.0954. The van der Waals surface area contributed by atoms with Gasteiger partial charge >= 0.3 is 0 Å². The molecule has 1 aromatic carbocycles. The van der Waals surface area contributed by atoms with Crippen molar-refractivity contribution in [1.82, 2.24) is 15.5 Å². The zero-order valence-corrected chi connectivity index (χ0v) is 15.4. The summed E-state index contributed by atoms with van der Waals surface area (Å²) in [7, 11) is 0. The zero-order valence-electron chi connectivity index (χ0n) is 15.4. The van der Waals surface area contributed by atoms with Gasteiger partial charge in [-0.15, -0.1) is 10.2 Å². The van der Waals surface area contributed by atoms with Gasteiger partial charge in [0.25, 0.3) is 5.91 Å². The maximum absolute atomic E-state index is 13.6. The summed E-state index contributed by atoms with van der Waals surface area (Å²) in [4.78, 5) is 12.1. The van der Waals surface area contributed by atoms with Crippen LogP contribution >= 0.6 is 0 Å². The van der Waals surface area contributed by atoms with Gasteiger partial charge in [0.2, 0.25) is 0 Å². The van der Waals surface area contributed by atoms with Crippen LogP contribution in [-0.4, -0.2) is 29.2 Å². The molecule has 6 heteroatoms. The number of carbonyl (C=O) groups is 1. The smallest absolute Gasteiger partial charge is 0.271 e. The highest BCUT2D eigenvalue weighted by atomic mass is 19.1. The lowest BCUT2D eigenvalue weighted by Crippen LogP contribution is -2.27. The van der Waals surface area contributed by atoms with E-state index in [0.29, 0.717) is 24.3 Å². The molecule has 1 amide bonds. The van der Waals surface area contributed by atoms with Crippen molar-refractivity contribution in [3.8, 4) is 0 Å². The molecule has 27 heavy (non-hydrogen) atoms. The third-order valence-electron chi connectivity index (χ3n) is 4.67. The van der Waals surface area contributed by atoms with Crippen molar-refractivity contribution < 1.29 is 9.18 Å². The minimum absolute atomic E-state index is 0.254. The Morgan fingerprint density at radius 3 is 2.67 bits per heavy atom. The van der Waals surface area contributed by atoms with Gasteiger partial charge in [-0.05, 0) is 62.3 Å². The molecule has 1 aliphatic carbocycles. The SMILES string of the molecule is O=C(NCCc1ccccc1F)c1ccc(NCCC2=CCCCC2)nn1. The average Bonchev–Trinajstić information content (AvgIpc) is 2.71. The van der Waals surface area contributed by atoms with E-state index in [1.165, 1.54) is 37.3 Å². The maximum atomic E-state index is 13.6. The first-order valence-electron chi connectivity index (χ1n) is 9.49. The van der Waals surface area contributed by atoms with Gasteiger partial charge in [0, 0.05) is 13.1 Å². The molecule has 0 radical (unpaired) electrons. The predicted octanol–water partition coefficient (Wildman–Crippen LogP) is 3.89. The molecule has 1 aliphatic rings. The Morgan fingerprint density at radius 2 is 1.93 bits per heavy atom. The molecule has 2 N–H and O–H groups in total. The summed E-state index contributed by atoms with van der Waals surface area (Å²) >= 11 is 0. The third-order valence-corrected chi connectivity index (χ3v) is 4.67. The number of hydrogen-bond donors (Lipinski definition) is 2. The van der Waals surface area contributed by atoms with Gasteiger partial charge in [0.05, 0.1) is 0 Å². The van der Waals surface area contributed by atoms with Crippen LogP contribution in [0.3, 0.4) is 0 Å². The Kier molecular flexibility index (Phi) is 6.90. The van der Waals surface area contributed by atoms with Gasteiger partial charge in [-0.1, -0.05) is 29.8 Å². The van der Waals surface area contributed by atoms with Crippen molar-refractivity contribution in [3.05, 3.63) is 65.1 Å². The zero-order chi connectivity index (χ0) is 18.9. The summed E-state index contributed by atoms with van der Waals surface area (Å²) in [6, 6.07) is 9.96. The number of carbonyl (C=O) groups excluding carboxylic acids is 1. The lowest BCUT2D eigenvalue weighted by molar-refractivity contribution is 0.0948. The molecule has 0 spiro atoms. The number of benzene rings is 1. The Morgan fingerprint density at radius 1 is 1.04 bits per heavy atom.